The van der Waals surface area contributed by atoms with Gasteiger partial charge in [-0.25, -0.2) is 4.39 Å². The van der Waals surface area contributed by atoms with E-state index in [1.54, 1.807) is 12.1 Å². The summed E-state index contributed by atoms with van der Waals surface area (Å²) in [6.07, 6.45) is 4.34. The van der Waals surface area contributed by atoms with Gasteiger partial charge >= 0.3 is 0 Å². The van der Waals surface area contributed by atoms with Crippen molar-refractivity contribution in [3.05, 3.63) is 40.2 Å². The minimum atomic E-state index is -0.254. The molecule has 3 rings (SSSR count). The first-order valence-electron chi connectivity index (χ1n) is 5.95. The molecule has 5 heteroatoms. The summed E-state index contributed by atoms with van der Waals surface area (Å²) < 4.78 is 13.7. The predicted molar refractivity (Wildman–Crippen MR) is 71.5 cm³/mol. The van der Waals surface area contributed by atoms with Gasteiger partial charge in [0.25, 0.3) is 0 Å². The van der Waals surface area contributed by atoms with Gasteiger partial charge in [0.2, 0.25) is 0 Å². The molecule has 1 heterocycles. The lowest BCUT2D eigenvalue weighted by molar-refractivity contribution is 0.621. The zero-order chi connectivity index (χ0) is 12.5. The minimum absolute atomic E-state index is 0.254. The van der Waals surface area contributed by atoms with Crippen molar-refractivity contribution in [1.29, 1.82) is 0 Å². The topological polar surface area (TPSA) is 40.7 Å². The summed E-state index contributed by atoms with van der Waals surface area (Å²) in [5.41, 5.74) is 3.00. The maximum Gasteiger partial charge on any atom is 0.137 e. The molecule has 0 radical (unpaired) electrons. The molecule has 0 atom stereocenters. The molecule has 94 valence electrons. The van der Waals surface area contributed by atoms with E-state index in [2.05, 4.69) is 31.4 Å². The first kappa shape index (κ1) is 11.9. The number of nitrogens with zero attached hydrogens (tertiary/aromatic N) is 1. The SMILES string of the molecule is Fc1ccc(-c2[nH]ncc2CNC2CC2)cc1Br. The Morgan fingerprint density at radius 1 is 1.44 bits per heavy atom. The van der Waals surface area contributed by atoms with Gasteiger partial charge in [0, 0.05) is 23.7 Å². The molecule has 0 amide bonds. The first-order chi connectivity index (χ1) is 8.74. The van der Waals surface area contributed by atoms with Crippen LogP contribution in [0.1, 0.15) is 18.4 Å². The van der Waals surface area contributed by atoms with Crippen molar-refractivity contribution in [2.24, 2.45) is 0 Å². The highest BCUT2D eigenvalue weighted by Crippen LogP contribution is 2.27. The van der Waals surface area contributed by atoms with Crippen LogP contribution in [0, 0.1) is 5.82 Å². The van der Waals surface area contributed by atoms with E-state index in [9.17, 15) is 4.39 Å². The molecule has 2 N–H and O–H groups in total. The fourth-order valence-electron chi connectivity index (χ4n) is 1.89. The maximum absolute atomic E-state index is 13.2. The second-order valence-corrected chi connectivity index (χ2v) is 5.41. The molecule has 0 unspecified atom stereocenters. The Bertz CT molecular complexity index is 563. The lowest BCUT2D eigenvalue weighted by Crippen LogP contribution is -2.15. The van der Waals surface area contributed by atoms with Gasteiger partial charge in [0.1, 0.15) is 5.82 Å². The quantitative estimate of drug-likeness (QED) is 0.910. The Kier molecular flexibility index (Phi) is 3.18. The smallest absolute Gasteiger partial charge is 0.137 e. The van der Waals surface area contributed by atoms with Crippen molar-refractivity contribution >= 4 is 15.9 Å². The normalized spacial score (nSPS) is 15.0. The van der Waals surface area contributed by atoms with Crippen LogP contribution in [0.2, 0.25) is 0 Å². The van der Waals surface area contributed by atoms with Gasteiger partial charge in [-0.2, -0.15) is 5.10 Å². The van der Waals surface area contributed by atoms with Crippen molar-refractivity contribution < 1.29 is 4.39 Å². The van der Waals surface area contributed by atoms with Crippen LogP contribution in [0.3, 0.4) is 0 Å². The summed E-state index contributed by atoms with van der Waals surface area (Å²) in [4.78, 5) is 0. The Morgan fingerprint density at radius 2 is 2.28 bits per heavy atom. The number of rotatable bonds is 4. The fraction of sp³-hybridized carbons (Fsp3) is 0.308. The van der Waals surface area contributed by atoms with E-state index in [-0.39, 0.29) is 5.82 Å². The zero-order valence-electron chi connectivity index (χ0n) is 9.71. The molecule has 3 nitrogen and oxygen atoms in total. The molecule has 0 aliphatic heterocycles. The third kappa shape index (κ3) is 2.47. The van der Waals surface area contributed by atoms with Crippen LogP contribution in [-0.2, 0) is 6.54 Å². The van der Waals surface area contributed by atoms with Gasteiger partial charge in [-0.05, 0) is 47.0 Å². The van der Waals surface area contributed by atoms with Crippen LogP contribution < -0.4 is 5.32 Å². The van der Waals surface area contributed by atoms with E-state index in [4.69, 9.17) is 0 Å². The number of hydrogen-bond donors (Lipinski definition) is 2. The van der Waals surface area contributed by atoms with Gasteiger partial charge in [-0.15, -0.1) is 0 Å². The summed E-state index contributed by atoms with van der Waals surface area (Å²) in [5.74, 6) is -0.254. The highest BCUT2D eigenvalue weighted by atomic mass is 79.9. The average molecular weight is 310 g/mol. The Balaban J connectivity index is 1.85. The summed E-state index contributed by atoms with van der Waals surface area (Å²) in [6.45, 7) is 0.797. The molecule has 0 saturated heterocycles. The van der Waals surface area contributed by atoms with Crippen LogP contribution in [-0.4, -0.2) is 16.2 Å². The molecule has 18 heavy (non-hydrogen) atoms. The number of nitrogens with one attached hydrogen (secondary N) is 2. The highest BCUT2D eigenvalue weighted by Gasteiger charge is 2.21. The van der Waals surface area contributed by atoms with E-state index in [0.717, 1.165) is 23.4 Å². The summed E-state index contributed by atoms with van der Waals surface area (Å²) in [5, 5.41) is 10.5. The molecule has 2 aromatic rings. The first-order valence-corrected chi connectivity index (χ1v) is 6.74. The van der Waals surface area contributed by atoms with Gasteiger partial charge in [0.15, 0.2) is 0 Å². The van der Waals surface area contributed by atoms with E-state index in [1.165, 1.54) is 18.9 Å². The second kappa shape index (κ2) is 4.82. The monoisotopic (exact) mass is 309 g/mol. The number of benzene rings is 1. The van der Waals surface area contributed by atoms with Gasteiger partial charge in [0.05, 0.1) is 16.4 Å². The van der Waals surface area contributed by atoms with Crippen LogP contribution in [0.5, 0.6) is 0 Å². The minimum Gasteiger partial charge on any atom is -0.310 e. The van der Waals surface area contributed by atoms with Crippen molar-refractivity contribution in [3.63, 3.8) is 0 Å². The number of halogens is 2. The number of hydrogen-bond acceptors (Lipinski definition) is 2. The molecule has 1 saturated carbocycles. The number of aromatic amines is 1. The summed E-state index contributed by atoms with van der Waals surface area (Å²) in [6, 6.07) is 5.64. The Hall–Kier alpha value is -1.20. The molecular weight excluding hydrogens is 297 g/mol. The maximum atomic E-state index is 13.2. The lowest BCUT2D eigenvalue weighted by atomic mass is 10.1. The lowest BCUT2D eigenvalue weighted by Gasteiger charge is -2.05. The number of aromatic nitrogens is 2. The molecule has 1 aliphatic carbocycles. The molecular formula is C13H13BrFN3. The predicted octanol–water partition coefficient (Wildman–Crippen LogP) is 3.23. The van der Waals surface area contributed by atoms with Crippen LogP contribution in [0.4, 0.5) is 4.39 Å². The largest absolute Gasteiger partial charge is 0.310 e. The third-order valence-corrected chi connectivity index (χ3v) is 3.69. The summed E-state index contributed by atoms with van der Waals surface area (Å²) in [7, 11) is 0. The van der Waals surface area contributed by atoms with Crippen LogP contribution in [0.25, 0.3) is 11.3 Å². The molecule has 0 bridgehead atoms. The molecule has 1 aliphatic rings. The van der Waals surface area contributed by atoms with Crippen molar-refractivity contribution in [3.8, 4) is 11.3 Å². The fourth-order valence-corrected chi connectivity index (χ4v) is 2.27. The molecule has 1 fully saturated rings. The standard InChI is InChI=1S/C13H13BrFN3/c14-11-5-8(1-4-12(11)15)13-9(7-17-18-13)6-16-10-2-3-10/h1,4-5,7,10,16H,2-3,6H2,(H,17,18). The van der Waals surface area contributed by atoms with Crippen molar-refractivity contribution in [2.75, 3.05) is 0 Å². The highest BCUT2D eigenvalue weighted by molar-refractivity contribution is 9.10. The third-order valence-electron chi connectivity index (χ3n) is 3.08. The summed E-state index contributed by atoms with van der Waals surface area (Å²) >= 11 is 3.20. The van der Waals surface area contributed by atoms with E-state index in [1.807, 2.05) is 6.20 Å². The second-order valence-electron chi connectivity index (χ2n) is 4.55. The molecule has 0 spiro atoms. The number of H-pyrrole nitrogens is 1. The van der Waals surface area contributed by atoms with E-state index < -0.39 is 0 Å². The Labute approximate surface area is 113 Å². The van der Waals surface area contributed by atoms with E-state index in [0.29, 0.717) is 10.5 Å². The zero-order valence-corrected chi connectivity index (χ0v) is 11.3. The van der Waals surface area contributed by atoms with Gasteiger partial charge in [-0.3, -0.25) is 5.10 Å². The van der Waals surface area contributed by atoms with Crippen LogP contribution >= 0.6 is 15.9 Å². The van der Waals surface area contributed by atoms with Crippen molar-refractivity contribution in [2.45, 2.75) is 25.4 Å². The Morgan fingerprint density at radius 3 is 3.00 bits per heavy atom. The molecule has 1 aromatic carbocycles. The van der Waals surface area contributed by atoms with E-state index >= 15 is 0 Å². The van der Waals surface area contributed by atoms with Crippen molar-refractivity contribution in [1.82, 2.24) is 15.5 Å². The van der Waals surface area contributed by atoms with Gasteiger partial charge < -0.3 is 5.32 Å². The molecule has 1 aromatic heterocycles. The van der Waals surface area contributed by atoms with Crippen LogP contribution in [0.15, 0.2) is 28.9 Å². The average Bonchev–Trinajstić information content (AvgIpc) is 3.08. The van der Waals surface area contributed by atoms with Gasteiger partial charge in [-0.1, -0.05) is 0 Å².